The van der Waals surface area contributed by atoms with Crippen LogP contribution in [0.3, 0.4) is 0 Å². The largest absolute Gasteiger partial charge is 0.345 e. The zero-order valence-electron chi connectivity index (χ0n) is 16.9. The van der Waals surface area contributed by atoms with Gasteiger partial charge in [-0.25, -0.2) is 0 Å². The number of rotatable bonds is 6. The lowest BCUT2D eigenvalue weighted by molar-refractivity contribution is 0.0941. The molecule has 0 unspecified atom stereocenters. The minimum absolute atomic E-state index is 0.0404. The van der Waals surface area contributed by atoms with Gasteiger partial charge in [0, 0.05) is 5.56 Å². The van der Waals surface area contributed by atoms with Gasteiger partial charge >= 0.3 is 0 Å². The molecule has 0 heterocycles. The molecule has 0 aliphatic rings. The van der Waals surface area contributed by atoms with Crippen LogP contribution in [0.25, 0.3) is 0 Å². The molecule has 0 fully saturated rings. The highest BCUT2D eigenvalue weighted by molar-refractivity contribution is 7.80. The highest BCUT2D eigenvalue weighted by Gasteiger charge is 2.23. The van der Waals surface area contributed by atoms with Crippen LogP contribution in [-0.2, 0) is 0 Å². The molecule has 4 rings (SSSR count). The van der Waals surface area contributed by atoms with E-state index in [1.165, 1.54) is 10.6 Å². The maximum absolute atomic E-state index is 13.3. The van der Waals surface area contributed by atoms with E-state index in [-0.39, 0.29) is 11.9 Å². The Balaban J connectivity index is 1.72. The summed E-state index contributed by atoms with van der Waals surface area (Å²) in [5, 5.41) is 6.72. The van der Waals surface area contributed by atoms with Crippen molar-refractivity contribution in [3.63, 3.8) is 0 Å². The molecule has 0 spiro atoms. The molecule has 4 aromatic rings. The Labute approximate surface area is 179 Å². The van der Waals surface area contributed by atoms with Gasteiger partial charge in [0.1, 0.15) is 0 Å². The van der Waals surface area contributed by atoms with Crippen molar-refractivity contribution < 1.29 is 4.79 Å². The van der Waals surface area contributed by atoms with Crippen molar-refractivity contribution in [2.45, 2.75) is 13.0 Å². The topological polar surface area (TPSA) is 29.1 Å². The lowest BCUT2D eigenvalue weighted by atomic mass is 10.1. The molecule has 3 heteroatoms. The first-order valence-electron chi connectivity index (χ1n) is 10.1. The third-order valence-electron chi connectivity index (χ3n) is 5.07. The quantitative estimate of drug-likeness (QED) is 0.449. The maximum atomic E-state index is 13.3. The van der Waals surface area contributed by atoms with Gasteiger partial charge in [-0.15, -0.1) is 0 Å². The fourth-order valence-electron chi connectivity index (χ4n) is 3.54. The lowest BCUT2D eigenvalue weighted by Gasteiger charge is -2.23. The Morgan fingerprint density at radius 1 is 0.667 bits per heavy atom. The molecule has 2 nitrogen and oxygen atoms in total. The molecule has 0 aliphatic heterocycles. The molecule has 1 amide bonds. The van der Waals surface area contributed by atoms with Crippen LogP contribution in [-0.4, -0.2) is 5.91 Å². The minimum Gasteiger partial charge on any atom is -0.345 e. The minimum atomic E-state index is -0.839. The van der Waals surface area contributed by atoms with Crippen LogP contribution in [0.4, 0.5) is 0 Å². The van der Waals surface area contributed by atoms with Crippen LogP contribution < -0.4 is 21.2 Å². The Hall–Kier alpha value is -3.22. The predicted molar refractivity (Wildman–Crippen MR) is 127 cm³/mol. The molecule has 0 aliphatic carbocycles. The van der Waals surface area contributed by atoms with Crippen molar-refractivity contribution >= 4 is 29.7 Å². The number of carbonyl (C=O) groups is 1. The standard InChI is InChI=1S/C27H24NOP/c1-21(22-13-5-2-6-14-22)28-27(29)25-19-11-12-20-26(25)30(23-15-7-3-8-16-23)24-17-9-4-10-18-24/h2-21H,1H3,(H,28,29)/t21-/m0/s1. The number of carbonyl (C=O) groups excluding carboxylic acids is 1. The summed E-state index contributed by atoms with van der Waals surface area (Å²) < 4.78 is 0. The summed E-state index contributed by atoms with van der Waals surface area (Å²) >= 11 is 0. The van der Waals surface area contributed by atoms with E-state index in [1.54, 1.807) is 0 Å². The highest BCUT2D eigenvalue weighted by Crippen LogP contribution is 2.34. The Morgan fingerprint density at radius 3 is 1.70 bits per heavy atom. The first-order chi connectivity index (χ1) is 14.7. The average molecular weight is 409 g/mol. The molecule has 0 radical (unpaired) electrons. The van der Waals surface area contributed by atoms with Gasteiger partial charge in [-0.3, -0.25) is 4.79 Å². The second kappa shape index (κ2) is 9.52. The van der Waals surface area contributed by atoms with Gasteiger partial charge in [-0.05, 0) is 42.4 Å². The van der Waals surface area contributed by atoms with E-state index in [9.17, 15) is 4.79 Å². The summed E-state index contributed by atoms with van der Waals surface area (Å²) in [6.07, 6.45) is 0. The van der Waals surface area contributed by atoms with Crippen LogP contribution in [0.15, 0.2) is 115 Å². The summed E-state index contributed by atoms with van der Waals surface area (Å²) in [4.78, 5) is 13.3. The van der Waals surface area contributed by atoms with Crippen molar-refractivity contribution in [1.29, 1.82) is 0 Å². The van der Waals surface area contributed by atoms with Crippen molar-refractivity contribution in [1.82, 2.24) is 5.32 Å². The third kappa shape index (κ3) is 4.50. The summed E-state index contributed by atoms with van der Waals surface area (Å²) in [5.74, 6) is -0.0404. The Kier molecular flexibility index (Phi) is 6.37. The van der Waals surface area contributed by atoms with Gasteiger partial charge in [0.2, 0.25) is 0 Å². The van der Waals surface area contributed by atoms with Crippen LogP contribution in [0.1, 0.15) is 28.9 Å². The first kappa shape index (κ1) is 20.1. The molecule has 0 saturated carbocycles. The third-order valence-corrected chi connectivity index (χ3v) is 7.57. The normalized spacial score (nSPS) is 11.8. The summed E-state index contributed by atoms with van der Waals surface area (Å²) in [6.45, 7) is 2.02. The Morgan fingerprint density at radius 2 is 1.13 bits per heavy atom. The fourth-order valence-corrected chi connectivity index (χ4v) is 5.99. The van der Waals surface area contributed by atoms with Gasteiger partial charge in [-0.2, -0.15) is 0 Å². The second-order valence-corrected chi connectivity index (χ2v) is 9.31. The van der Waals surface area contributed by atoms with E-state index in [0.717, 1.165) is 16.4 Å². The Bertz CT molecular complexity index is 1060. The molecule has 0 bridgehead atoms. The van der Waals surface area contributed by atoms with Gasteiger partial charge in [0.25, 0.3) is 5.91 Å². The molecule has 1 N–H and O–H groups in total. The van der Waals surface area contributed by atoms with Crippen molar-refractivity contribution in [2.75, 3.05) is 0 Å². The second-order valence-electron chi connectivity index (χ2n) is 7.13. The number of hydrogen-bond donors (Lipinski definition) is 1. The number of amides is 1. The van der Waals surface area contributed by atoms with E-state index in [0.29, 0.717) is 0 Å². The van der Waals surface area contributed by atoms with E-state index >= 15 is 0 Å². The van der Waals surface area contributed by atoms with Crippen LogP contribution in [0.2, 0.25) is 0 Å². The zero-order valence-corrected chi connectivity index (χ0v) is 17.8. The predicted octanol–water partition coefficient (Wildman–Crippen LogP) is 4.94. The van der Waals surface area contributed by atoms with Gasteiger partial charge < -0.3 is 5.32 Å². The van der Waals surface area contributed by atoms with Gasteiger partial charge in [-0.1, -0.05) is 109 Å². The molecule has 1 atom stereocenters. The molecule has 148 valence electrons. The van der Waals surface area contributed by atoms with E-state index in [4.69, 9.17) is 0 Å². The smallest absolute Gasteiger partial charge is 0.252 e. The van der Waals surface area contributed by atoms with Crippen molar-refractivity contribution in [2.24, 2.45) is 0 Å². The molecule has 0 aromatic heterocycles. The van der Waals surface area contributed by atoms with Crippen molar-refractivity contribution in [3.05, 3.63) is 126 Å². The summed E-state index contributed by atoms with van der Waals surface area (Å²) in [5.41, 5.74) is 1.83. The molecular weight excluding hydrogens is 385 g/mol. The lowest BCUT2D eigenvalue weighted by Crippen LogP contribution is -2.32. The zero-order chi connectivity index (χ0) is 20.8. The van der Waals surface area contributed by atoms with Crippen LogP contribution >= 0.6 is 7.92 Å². The monoisotopic (exact) mass is 409 g/mol. The highest BCUT2D eigenvalue weighted by atomic mass is 31.1. The number of benzene rings is 4. The first-order valence-corrected chi connectivity index (χ1v) is 11.4. The fraction of sp³-hybridized carbons (Fsp3) is 0.0741. The number of nitrogens with one attached hydrogen (secondary N) is 1. The average Bonchev–Trinajstić information content (AvgIpc) is 2.81. The molecule has 4 aromatic carbocycles. The number of hydrogen-bond acceptors (Lipinski definition) is 1. The molecular formula is C27H24NOP. The van der Waals surface area contributed by atoms with Crippen LogP contribution in [0.5, 0.6) is 0 Å². The molecule has 30 heavy (non-hydrogen) atoms. The van der Waals surface area contributed by atoms with Gasteiger partial charge in [0.15, 0.2) is 0 Å². The maximum Gasteiger partial charge on any atom is 0.252 e. The summed E-state index contributed by atoms with van der Waals surface area (Å²) in [7, 11) is -0.839. The SMILES string of the molecule is C[C@H](NC(=O)c1ccccc1P(c1ccccc1)c1ccccc1)c1ccccc1. The van der Waals surface area contributed by atoms with Crippen molar-refractivity contribution in [3.8, 4) is 0 Å². The summed E-state index contributed by atoms with van der Waals surface area (Å²) in [6, 6.07) is 38.9. The van der Waals surface area contributed by atoms with Gasteiger partial charge in [0.05, 0.1) is 6.04 Å². The van der Waals surface area contributed by atoms with E-state index < -0.39 is 7.92 Å². The van der Waals surface area contributed by atoms with E-state index in [1.807, 2.05) is 67.6 Å². The molecule has 0 saturated heterocycles. The van der Waals surface area contributed by atoms with E-state index in [2.05, 4.69) is 59.9 Å². The van der Waals surface area contributed by atoms with Crippen LogP contribution in [0, 0.1) is 0 Å².